The van der Waals surface area contributed by atoms with Gasteiger partial charge in [0.25, 0.3) is 0 Å². The van der Waals surface area contributed by atoms with Crippen LogP contribution in [0.4, 0.5) is 5.82 Å². The maximum atomic E-state index is 5.24. The molecule has 0 fully saturated rings. The summed E-state index contributed by atoms with van der Waals surface area (Å²) in [5, 5.41) is 0. The van der Waals surface area contributed by atoms with Crippen molar-refractivity contribution in [2.24, 2.45) is 4.99 Å². The number of hydrogen-bond donors (Lipinski definition) is 1. The molecule has 2 aromatic carbocycles. The number of nitrogens with one attached hydrogen (secondary N) is 1. The molecule has 4 rings (SSSR count). The zero-order chi connectivity index (χ0) is 15.6. The number of hydrogen-bond acceptors (Lipinski definition) is 2. The van der Waals surface area contributed by atoms with E-state index >= 15 is 0 Å². The lowest BCUT2D eigenvalue weighted by molar-refractivity contribution is 0.415. The van der Waals surface area contributed by atoms with Gasteiger partial charge < -0.3 is 9.72 Å². The van der Waals surface area contributed by atoms with Crippen molar-refractivity contribution in [1.29, 1.82) is 0 Å². The first-order valence-corrected chi connectivity index (χ1v) is 7.79. The van der Waals surface area contributed by atoms with Gasteiger partial charge in [0.1, 0.15) is 11.6 Å². The summed E-state index contributed by atoms with van der Waals surface area (Å²) in [7, 11) is 1.69. The molecule has 1 unspecified atom stereocenters. The highest BCUT2D eigenvalue weighted by molar-refractivity contribution is 5.81. The van der Waals surface area contributed by atoms with Gasteiger partial charge in [0.2, 0.25) is 0 Å². The second-order valence-corrected chi connectivity index (χ2v) is 5.76. The summed E-state index contributed by atoms with van der Waals surface area (Å²) >= 11 is 0. The molecule has 2 heterocycles. The summed E-state index contributed by atoms with van der Waals surface area (Å²) in [5.41, 5.74) is 5.00. The number of aromatic amines is 1. The molecule has 1 N–H and O–H groups in total. The van der Waals surface area contributed by atoms with Crippen molar-refractivity contribution in [3.05, 3.63) is 71.9 Å². The molecule has 0 saturated carbocycles. The molecule has 0 saturated heterocycles. The fraction of sp³-hybridized carbons (Fsp3) is 0.150. The van der Waals surface area contributed by atoms with Crippen molar-refractivity contribution in [1.82, 2.24) is 4.98 Å². The molecule has 0 bridgehead atoms. The van der Waals surface area contributed by atoms with E-state index in [0.717, 1.165) is 18.0 Å². The minimum atomic E-state index is 0.330. The van der Waals surface area contributed by atoms with E-state index in [4.69, 9.17) is 4.74 Å². The van der Waals surface area contributed by atoms with E-state index in [2.05, 4.69) is 52.6 Å². The number of methoxy groups -OCH3 is 1. The minimum absolute atomic E-state index is 0.330. The zero-order valence-electron chi connectivity index (χ0n) is 13.0. The van der Waals surface area contributed by atoms with Crippen molar-refractivity contribution < 1.29 is 4.74 Å². The lowest BCUT2D eigenvalue weighted by atomic mass is 9.89. The zero-order valence-corrected chi connectivity index (χ0v) is 13.0. The summed E-state index contributed by atoms with van der Waals surface area (Å²) < 4.78 is 5.24. The van der Waals surface area contributed by atoms with Crippen molar-refractivity contribution >= 4 is 12.0 Å². The highest BCUT2D eigenvalue weighted by Crippen LogP contribution is 2.37. The predicted molar refractivity (Wildman–Crippen MR) is 93.8 cm³/mol. The van der Waals surface area contributed by atoms with E-state index in [0.29, 0.717) is 5.92 Å². The SMILES string of the molecule is COc1ccc(-c2c[nH]c3c2CC(c2ccccc2)C=N3)cc1. The highest BCUT2D eigenvalue weighted by Gasteiger charge is 2.21. The number of benzene rings is 2. The van der Waals surface area contributed by atoms with Crippen LogP contribution in [0.15, 0.2) is 65.8 Å². The third-order valence-corrected chi connectivity index (χ3v) is 4.40. The van der Waals surface area contributed by atoms with Crippen molar-refractivity contribution in [2.75, 3.05) is 7.11 Å². The minimum Gasteiger partial charge on any atom is -0.497 e. The average molecular weight is 302 g/mol. The van der Waals surface area contributed by atoms with Crippen molar-refractivity contribution in [3.8, 4) is 16.9 Å². The Labute approximate surface area is 135 Å². The molecule has 1 aromatic heterocycles. The Hall–Kier alpha value is -2.81. The van der Waals surface area contributed by atoms with E-state index in [9.17, 15) is 0 Å². The van der Waals surface area contributed by atoms with E-state index in [-0.39, 0.29) is 0 Å². The second kappa shape index (κ2) is 5.76. The van der Waals surface area contributed by atoms with Crippen LogP contribution in [-0.4, -0.2) is 18.3 Å². The Morgan fingerprint density at radius 1 is 1.04 bits per heavy atom. The van der Waals surface area contributed by atoms with Crippen LogP contribution in [0.3, 0.4) is 0 Å². The molecule has 3 heteroatoms. The molecule has 114 valence electrons. The molecule has 0 aliphatic carbocycles. The van der Waals surface area contributed by atoms with E-state index in [1.807, 2.05) is 24.4 Å². The van der Waals surface area contributed by atoms with E-state index in [1.165, 1.54) is 22.3 Å². The van der Waals surface area contributed by atoms with Gasteiger partial charge in [0.15, 0.2) is 0 Å². The Bertz CT molecular complexity index is 832. The maximum absolute atomic E-state index is 5.24. The summed E-state index contributed by atoms with van der Waals surface area (Å²) in [6.45, 7) is 0. The number of nitrogens with zero attached hydrogens (tertiary/aromatic N) is 1. The van der Waals surface area contributed by atoms with Crippen LogP contribution in [0.5, 0.6) is 5.75 Å². The number of ether oxygens (including phenoxy) is 1. The summed E-state index contributed by atoms with van der Waals surface area (Å²) in [4.78, 5) is 7.92. The number of aromatic nitrogens is 1. The molecule has 3 nitrogen and oxygen atoms in total. The molecule has 0 spiro atoms. The number of fused-ring (bicyclic) bond motifs is 1. The van der Waals surface area contributed by atoms with Crippen LogP contribution in [-0.2, 0) is 6.42 Å². The smallest absolute Gasteiger partial charge is 0.133 e. The molecule has 0 radical (unpaired) electrons. The molecule has 1 atom stereocenters. The third kappa shape index (κ3) is 2.55. The fourth-order valence-electron chi connectivity index (χ4n) is 3.13. The van der Waals surface area contributed by atoms with Gasteiger partial charge in [-0.25, -0.2) is 4.99 Å². The highest BCUT2D eigenvalue weighted by atomic mass is 16.5. The summed E-state index contributed by atoms with van der Waals surface area (Å²) in [6, 6.07) is 18.7. The molecule has 1 aliphatic rings. The van der Waals surface area contributed by atoms with Gasteiger partial charge >= 0.3 is 0 Å². The van der Waals surface area contributed by atoms with Crippen LogP contribution < -0.4 is 4.74 Å². The lowest BCUT2D eigenvalue weighted by Crippen LogP contribution is -2.08. The van der Waals surface area contributed by atoms with Crippen LogP contribution in [0.2, 0.25) is 0 Å². The molecular weight excluding hydrogens is 284 g/mol. The lowest BCUT2D eigenvalue weighted by Gasteiger charge is -2.18. The van der Waals surface area contributed by atoms with Crippen molar-refractivity contribution in [2.45, 2.75) is 12.3 Å². The molecule has 0 amide bonds. The third-order valence-electron chi connectivity index (χ3n) is 4.40. The first kappa shape index (κ1) is 13.8. The fourth-order valence-corrected chi connectivity index (χ4v) is 3.13. The summed E-state index contributed by atoms with van der Waals surface area (Å²) in [6.07, 6.45) is 5.07. The number of rotatable bonds is 3. The summed E-state index contributed by atoms with van der Waals surface area (Å²) in [5.74, 6) is 2.18. The number of aliphatic imine (C=N–C) groups is 1. The standard InChI is InChI=1S/C20H18N2O/c1-23-17-9-7-15(8-10-17)19-13-22-20-18(19)11-16(12-21-20)14-5-3-2-4-6-14/h2-10,12-13,16,22H,11H2,1H3. The Kier molecular flexibility index (Phi) is 3.46. The monoisotopic (exact) mass is 302 g/mol. The van der Waals surface area contributed by atoms with E-state index in [1.54, 1.807) is 7.11 Å². The van der Waals surface area contributed by atoms with Crippen LogP contribution in [0, 0.1) is 0 Å². The van der Waals surface area contributed by atoms with Gasteiger partial charge in [-0.1, -0.05) is 42.5 Å². The normalized spacial score (nSPS) is 16.1. The second-order valence-electron chi connectivity index (χ2n) is 5.76. The Morgan fingerprint density at radius 2 is 1.83 bits per heavy atom. The first-order chi connectivity index (χ1) is 11.3. The van der Waals surface area contributed by atoms with Crippen molar-refractivity contribution in [3.63, 3.8) is 0 Å². The quantitative estimate of drug-likeness (QED) is 0.746. The van der Waals surface area contributed by atoms with Crippen LogP contribution in [0.1, 0.15) is 17.0 Å². The molecule has 23 heavy (non-hydrogen) atoms. The molecular formula is C20H18N2O. The Morgan fingerprint density at radius 3 is 2.57 bits per heavy atom. The van der Waals surface area contributed by atoms with Gasteiger partial charge in [-0.15, -0.1) is 0 Å². The van der Waals surface area contributed by atoms with Gasteiger partial charge in [0.05, 0.1) is 7.11 Å². The maximum Gasteiger partial charge on any atom is 0.133 e. The Balaban J connectivity index is 1.69. The van der Waals surface area contributed by atoms with Gasteiger partial charge in [-0.05, 0) is 29.7 Å². The molecule has 1 aliphatic heterocycles. The molecule has 3 aromatic rings. The number of H-pyrrole nitrogens is 1. The van der Waals surface area contributed by atoms with Gasteiger partial charge in [0, 0.05) is 29.5 Å². The largest absolute Gasteiger partial charge is 0.497 e. The average Bonchev–Trinajstić information content (AvgIpc) is 3.05. The van der Waals surface area contributed by atoms with Crippen LogP contribution >= 0.6 is 0 Å². The van der Waals surface area contributed by atoms with Gasteiger partial charge in [-0.2, -0.15) is 0 Å². The van der Waals surface area contributed by atoms with Crippen LogP contribution in [0.25, 0.3) is 11.1 Å². The topological polar surface area (TPSA) is 37.4 Å². The van der Waals surface area contributed by atoms with Gasteiger partial charge in [-0.3, -0.25) is 0 Å². The van der Waals surface area contributed by atoms with E-state index < -0.39 is 0 Å². The predicted octanol–water partition coefficient (Wildman–Crippen LogP) is 4.73. The first-order valence-electron chi connectivity index (χ1n) is 7.79.